The number of aliphatic hydroxyl groups excluding tert-OH is 1. The maximum atomic E-state index is 12.4. The number of nitrogens with one attached hydrogen (secondary N) is 1. The minimum atomic E-state index is -3.63. The summed E-state index contributed by atoms with van der Waals surface area (Å²) in [5.74, 6) is 0.889. The molecule has 1 rings (SSSR count). The van der Waals surface area contributed by atoms with Crippen LogP contribution in [0.15, 0.2) is 17.0 Å². The van der Waals surface area contributed by atoms with Crippen LogP contribution in [0.2, 0.25) is 5.02 Å². The van der Waals surface area contributed by atoms with Crippen molar-refractivity contribution in [2.45, 2.75) is 37.8 Å². The van der Waals surface area contributed by atoms with Crippen LogP contribution in [-0.4, -0.2) is 31.6 Å². The number of aliphatic hydroxyl groups is 1. The molecule has 0 radical (unpaired) electrons. The molecule has 0 saturated heterocycles. The van der Waals surface area contributed by atoms with Crippen molar-refractivity contribution >= 4 is 33.4 Å². The highest BCUT2D eigenvalue weighted by Crippen LogP contribution is 2.24. The molecule has 0 saturated carbocycles. The first kappa shape index (κ1) is 17.8. The van der Waals surface area contributed by atoms with E-state index in [0.717, 1.165) is 12.2 Å². The summed E-state index contributed by atoms with van der Waals surface area (Å²) in [6, 6.07) is 2.84. The van der Waals surface area contributed by atoms with Crippen LogP contribution in [0, 0.1) is 6.92 Å². The fraction of sp³-hybridized carbons (Fsp3) is 0.538. The molecule has 0 aliphatic heterocycles. The van der Waals surface area contributed by atoms with Crippen LogP contribution >= 0.6 is 23.4 Å². The lowest BCUT2D eigenvalue weighted by Gasteiger charge is -2.16. The maximum Gasteiger partial charge on any atom is 0.241 e. The van der Waals surface area contributed by atoms with Gasteiger partial charge in [-0.3, -0.25) is 0 Å². The van der Waals surface area contributed by atoms with Crippen molar-refractivity contribution in [1.29, 1.82) is 0 Å². The SMILES string of the molecule is CSCCC(C)NS(=O)(=O)c1cc(Cl)cc(CO)c1C. The van der Waals surface area contributed by atoms with E-state index in [-0.39, 0.29) is 17.5 Å². The summed E-state index contributed by atoms with van der Waals surface area (Å²) in [6.45, 7) is 3.26. The molecule has 0 spiro atoms. The molecule has 1 atom stereocenters. The van der Waals surface area contributed by atoms with E-state index in [1.54, 1.807) is 24.8 Å². The Balaban J connectivity index is 3.06. The fourth-order valence-electron chi connectivity index (χ4n) is 1.83. The standard InChI is InChI=1S/C13H20ClNO3S2/c1-9(4-5-19-3)15-20(17,18)13-7-12(14)6-11(8-16)10(13)2/h6-7,9,15-16H,4-5,8H2,1-3H3. The van der Waals surface area contributed by atoms with E-state index >= 15 is 0 Å². The number of thioether (sulfide) groups is 1. The third-order valence-electron chi connectivity index (χ3n) is 3.00. The number of hydrogen-bond donors (Lipinski definition) is 2. The molecule has 1 aromatic carbocycles. The molecular weight excluding hydrogens is 318 g/mol. The molecule has 4 nitrogen and oxygen atoms in total. The van der Waals surface area contributed by atoms with Crippen molar-refractivity contribution < 1.29 is 13.5 Å². The molecule has 20 heavy (non-hydrogen) atoms. The van der Waals surface area contributed by atoms with E-state index in [1.807, 2.05) is 13.2 Å². The summed E-state index contributed by atoms with van der Waals surface area (Å²) in [5, 5.41) is 9.56. The zero-order chi connectivity index (χ0) is 15.3. The Morgan fingerprint density at radius 3 is 2.65 bits per heavy atom. The van der Waals surface area contributed by atoms with E-state index < -0.39 is 10.0 Å². The van der Waals surface area contributed by atoms with Gasteiger partial charge in [-0.1, -0.05) is 11.6 Å². The van der Waals surface area contributed by atoms with Crippen LogP contribution in [0.1, 0.15) is 24.5 Å². The molecule has 2 N–H and O–H groups in total. The van der Waals surface area contributed by atoms with Crippen molar-refractivity contribution in [3.05, 3.63) is 28.3 Å². The van der Waals surface area contributed by atoms with Crippen molar-refractivity contribution in [3.63, 3.8) is 0 Å². The van der Waals surface area contributed by atoms with Gasteiger partial charge in [0, 0.05) is 11.1 Å². The van der Waals surface area contributed by atoms with Gasteiger partial charge in [0.05, 0.1) is 11.5 Å². The van der Waals surface area contributed by atoms with Gasteiger partial charge in [0.1, 0.15) is 0 Å². The van der Waals surface area contributed by atoms with Gasteiger partial charge in [-0.15, -0.1) is 0 Å². The summed E-state index contributed by atoms with van der Waals surface area (Å²) in [7, 11) is -3.63. The first-order valence-corrected chi connectivity index (χ1v) is 9.48. The molecule has 1 unspecified atom stereocenters. The molecule has 0 aliphatic rings. The van der Waals surface area contributed by atoms with Crippen LogP contribution in [-0.2, 0) is 16.6 Å². The Kier molecular flexibility index (Phi) is 6.81. The minimum Gasteiger partial charge on any atom is -0.392 e. The van der Waals surface area contributed by atoms with Gasteiger partial charge in [-0.25, -0.2) is 13.1 Å². The summed E-state index contributed by atoms with van der Waals surface area (Å²) in [6.07, 6.45) is 2.74. The molecule has 0 fully saturated rings. The lowest BCUT2D eigenvalue weighted by molar-refractivity contribution is 0.280. The average molecular weight is 338 g/mol. The third-order valence-corrected chi connectivity index (χ3v) is 5.58. The lowest BCUT2D eigenvalue weighted by atomic mass is 10.1. The van der Waals surface area contributed by atoms with Crippen LogP contribution in [0.25, 0.3) is 0 Å². The summed E-state index contributed by atoms with van der Waals surface area (Å²) in [5.41, 5.74) is 1.05. The summed E-state index contributed by atoms with van der Waals surface area (Å²) < 4.78 is 27.4. The predicted octanol–water partition coefficient (Wildman–Crippen LogP) is 2.56. The van der Waals surface area contributed by atoms with Gasteiger partial charge < -0.3 is 5.11 Å². The first-order chi connectivity index (χ1) is 9.31. The molecule has 114 valence electrons. The van der Waals surface area contributed by atoms with E-state index in [4.69, 9.17) is 11.6 Å². The molecule has 0 aliphatic carbocycles. The second kappa shape index (κ2) is 7.66. The van der Waals surface area contributed by atoms with E-state index in [2.05, 4.69) is 4.72 Å². The van der Waals surface area contributed by atoms with Gasteiger partial charge in [0.15, 0.2) is 0 Å². The Morgan fingerprint density at radius 2 is 2.10 bits per heavy atom. The second-order valence-corrected chi connectivity index (χ2v) is 7.75. The predicted molar refractivity (Wildman–Crippen MR) is 84.9 cm³/mol. The number of hydrogen-bond acceptors (Lipinski definition) is 4. The smallest absolute Gasteiger partial charge is 0.241 e. The largest absolute Gasteiger partial charge is 0.392 e. The zero-order valence-corrected chi connectivity index (χ0v) is 14.2. The van der Waals surface area contributed by atoms with Gasteiger partial charge in [-0.2, -0.15) is 11.8 Å². The topological polar surface area (TPSA) is 66.4 Å². The lowest BCUT2D eigenvalue weighted by Crippen LogP contribution is -2.33. The molecule has 0 heterocycles. The highest BCUT2D eigenvalue weighted by atomic mass is 35.5. The van der Waals surface area contributed by atoms with Crippen molar-refractivity contribution in [3.8, 4) is 0 Å². The highest BCUT2D eigenvalue weighted by Gasteiger charge is 2.21. The van der Waals surface area contributed by atoms with Gasteiger partial charge in [0.25, 0.3) is 0 Å². The highest BCUT2D eigenvalue weighted by molar-refractivity contribution is 7.98. The normalized spacial score (nSPS) is 13.4. The van der Waals surface area contributed by atoms with E-state index in [9.17, 15) is 13.5 Å². The molecule has 1 aromatic rings. The van der Waals surface area contributed by atoms with E-state index in [0.29, 0.717) is 16.1 Å². The van der Waals surface area contributed by atoms with Crippen molar-refractivity contribution in [2.75, 3.05) is 12.0 Å². The number of rotatable bonds is 7. The van der Waals surface area contributed by atoms with Crippen LogP contribution < -0.4 is 4.72 Å². The zero-order valence-electron chi connectivity index (χ0n) is 11.8. The average Bonchev–Trinajstić information content (AvgIpc) is 2.37. The molecular formula is C13H20ClNO3S2. The van der Waals surface area contributed by atoms with E-state index in [1.165, 1.54) is 6.07 Å². The molecule has 0 amide bonds. The van der Waals surface area contributed by atoms with Gasteiger partial charge >= 0.3 is 0 Å². The number of halogens is 1. The second-order valence-electron chi connectivity index (χ2n) is 4.65. The monoisotopic (exact) mass is 337 g/mol. The Morgan fingerprint density at radius 1 is 1.45 bits per heavy atom. The van der Waals surface area contributed by atoms with Crippen molar-refractivity contribution in [1.82, 2.24) is 4.72 Å². The van der Waals surface area contributed by atoms with Gasteiger partial charge in [-0.05, 0) is 55.5 Å². The number of sulfonamides is 1. The van der Waals surface area contributed by atoms with Crippen LogP contribution in [0.4, 0.5) is 0 Å². The molecule has 0 aromatic heterocycles. The first-order valence-electron chi connectivity index (χ1n) is 6.23. The summed E-state index contributed by atoms with van der Waals surface area (Å²) >= 11 is 7.59. The Hall–Kier alpha value is -0.270. The van der Waals surface area contributed by atoms with Crippen LogP contribution in [0.5, 0.6) is 0 Å². The van der Waals surface area contributed by atoms with Gasteiger partial charge in [0.2, 0.25) is 10.0 Å². The quantitative estimate of drug-likeness (QED) is 0.802. The maximum absolute atomic E-state index is 12.4. The van der Waals surface area contributed by atoms with Crippen molar-refractivity contribution in [2.24, 2.45) is 0 Å². The molecule has 0 bridgehead atoms. The fourth-order valence-corrected chi connectivity index (χ4v) is 4.32. The Bertz CT molecular complexity index is 561. The summed E-state index contributed by atoms with van der Waals surface area (Å²) in [4.78, 5) is 0.130. The third kappa shape index (κ3) is 4.63. The molecule has 7 heteroatoms. The Labute approximate surface area is 130 Å². The van der Waals surface area contributed by atoms with Crippen LogP contribution in [0.3, 0.4) is 0 Å². The minimum absolute atomic E-state index is 0.130. The number of benzene rings is 1.